The topological polar surface area (TPSA) is 56.8 Å². The number of alkyl carbamates (subject to hydrolysis) is 1. The number of unbranched alkanes of at least 4 members (excludes halogenated alkanes) is 3. The van der Waals surface area contributed by atoms with Gasteiger partial charge in [-0.15, -0.1) is 0 Å². The fourth-order valence-corrected chi connectivity index (χ4v) is 3.49. The second-order valence-corrected chi connectivity index (χ2v) is 7.64. The van der Waals surface area contributed by atoms with E-state index >= 15 is 0 Å². The van der Waals surface area contributed by atoms with Gasteiger partial charge in [-0.05, 0) is 61.4 Å². The van der Waals surface area contributed by atoms with E-state index in [0.717, 1.165) is 53.9 Å². The molecular weight excluding hydrogens is 397 g/mol. The van der Waals surface area contributed by atoms with Gasteiger partial charge in [-0.1, -0.05) is 43.2 Å². The maximum atomic E-state index is 12.2. The monoisotopic (exact) mass is 431 g/mol. The quantitative estimate of drug-likeness (QED) is 0.418. The first-order valence-corrected chi connectivity index (χ1v) is 10.8. The number of aryl methyl sites for hydroxylation is 1. The summed E-state index contributed by atoms with van der Waals surface area (Å²) in [6.45, 7) is 1.91. The van der Waals surface area contributed by atoms with Gasteiger partial charge in [0.2, 0.25) is 0 Å². The highest BCUT2D eigenvalue weighted by Crippen LogP contribution is 2.31. The molecule has 0 aliphatic heterocycles. The first kappa shape index (κ1) is 24.5. The SMILES string of the molecule is COc1cc(CC(C)NC(=O)OCc2ccccc2)c(OC)cc1CCCCCCF. The molecule has 1 unspecified atom stereocenters. The number of rotatable bonds is 13. The minimum absolute atomic E-state index is 0.145. The van der Waals surface area contributed by atoms with E-state index in [0.29, 0.717) is 12.8 Å². The van der Waals surface area contributed by atoms with Gasteiger partial charge >= 0.3 is 6.09 Å². The highest BCUT2D eigenvalue weighted by molar-refractivity contribution is 5.67. The van der Waals surface area contributed by atoms with Crippen molar-refractivity contribution in [2.75, 3.05) is 20.9 Å². The summed E-state index contributed by atoms with van der Waals surface area (Å²) >= 11 is 0. The van der Waals surface area contributed by atoms with Crippen LogP contribution in [0.3, 0.4) is 0 Å². The molecule has 0 heterocycles. The van der Waals surface area contributed by atoms with Crippen molar-refractivity contribution in [1.82, 2.24) is 5.32 Å². The molecule has 1 amide bonds. The third-order valence-electron chi connectivity index (χ3n) is 5.12. The summed E-state index contributed by atoms with van der Waals surface area (Å²) in [7, 11) is 3.30. The predicted octanol–water partition coefficient (Wildman–Crippen LogP) is 5.63. The van der Waals surface area contributed by atoms with Crippen molar-refractivity contribution in [3.63, 3.8) is 0 Å². The lowest BCUT2D eigenvalue weighted by atomic mass is 9.99. The molecule has 1 atom stereocenters. The number of carbonyl (C=O) groups excluding carboxylic acids is 1. The Morgan fingerprint density at radius 2 is 1.61 bits per heavy atom. The average Bonchev–Trinajstić information content (AvgIpc) is 2.78. The number of nitrogens with one attached hydrogen (secondary N) is 1. The van der Waals surface area contributed by atoms with E-state index in [1.165, 1.54) is 0 Å². The van der Waals surface area contributed by atoms with E-state index in [4.69, 9.17) is 14.2 Å². The van der Waals surface area contributed by atoms with Crippen molar-refractivity contribution < 1.29 is 23.4 Å². The van der Waals surface area contributed by atoms with Crippen LogP contribution in [0.5, 0.6) is 11.5 Å². The van der Waals surface area contributed by atoms with Crippen LogP contribution in [0.4, 0.5) is 9.18 Å². The molecule has 0 fully saturated rings. The van der Waals surface area contributed by atoms with E-state index in [9.17, 15) is 9.18 Å². The number of benzene rings is 2. The van der Waals surface area contributed by atoms with Gasteiger partial charge in [0.1, 0.15) is 18.1 Å². The fraction of sp³-hybridized carbons (Fsp3) is 0.480. The van der Waals surface area contributed by atoms with Crippen LogP contribution < -0.4 is 14.8 Å². The van der Waals surface area contributed by atoms with Gasteiger partial charge in [0.05, 0.1) is 20.9 Å². The molecule has 0 aliphatic rings. The van der Waals surface area contributed by atoms with E-state index in [1.54, 1.807) is 14.2 Å². The van der Waals surface area contributed by atoms with E-state index in [-0.39, 0.29) is 19.3 Å². The van der Waals surface area contributed by atoms with E-state index in [1.807, 2.05) is 49.4 Å². The van der Waals surface area contributed by atoms with Crippen molar-refractivity contribution in [3.8, 4) is 11.5 Å². The molecule has 0 saturated heterocycles. The third kappa shape index (κ3) is 8.48. The molecule has 0 aromatic heterocycles. The molecule has 0 aliphatic carbocycles. The molecular formula is C25H34FNO4. The molecule has 2 aromatic carbocycles. The van der Waals surface area contributed by atoms with Gasteiger partial charge < -0.3 is 19.5 Å². The minimum Gasteiger partial charge on any atom is -0.496 e. The molecule has 5 nitrogen and oxygen atoms in total. The number of halogens is 1. The Labute approximate surface area is 184 Å². The standard InChI is InChI=1S/C25H34FNO4/c1-19(27-25(28)31-18-20-11-7-6-8-12-20)15-22-17-23(29-2)21(16-24(22)30-3)13-9-4-5-10-14-26/h6-8,11-12,16-17,19H,4-5,9-10,13-15,18H2,1-3H3,(H,27,28). The summed E-state index contributed by atoms with van der Waals surface area (Å²) in [5, 5.41) is 2.87. The fourth-order valence-electron chi connectivity index (χ4n) is 3.49. The Balaban J connectivity index is 1.93. The minimum atomic E-state index is -0.452. The molecule has 6 heteroatoms. The van der Waals surface area contributed by atoms with Gasteiger partial charge in [-0.3, -0.25) is 4.39 Å². The summed E-state index contributed by atoms with van der Waals surface area (Å²) in [5.74, 6) is 1.58. The van der Waals surface area contributed by atoms with Crippen LogP contribution in [0.15, 0.2) is 42.5 Å². The highest BCUT2D eigenvalue weighted by Gasteiger charge is 2.16. The summed E-state index contributed by atoms with van der Waals surface area (Å²) in [5.41, 5.74) is 2.97. The summed E-state index contributed by atoms with van der Waals surface area (Å²) in [6, 6.07) is 13.4. The normalized spacial score (nSPS) is 11.6. The molecule has 170 valence electrons. The first-order valence-electron chi connectivity index (χ1n) is 10.8. The summed E-state index contributed by atoms with van der Waals surface area (Å²) in [6.07, 6.45) is 4.47. The van der Waals surface area contributed by atoms with Crippen LogP contribution >= 0.6 is 0 Å². The van der Waals surface area contributed by atoms with E-state index in [2.05, 4.69) is 5.32 Å². The number of methoxy groups -OCH3 is 2. The van der Waals surface area contributed by atoms with Gasteiger partial charge in [0.25, 0.3) is 0 Å². The maximum Gasteiger partial charge on any atom is 0.407 e. The average molecular weight is 432 g/mol. The Morgan fingerprint density at radius 1 is 0.968 bits per heavy atom. The van der Waals surface area contributed by atoms with Gasteiger partial charge in [0, 0.05) is 6.04 Å². The number of alkyl halides is 1. The van der Waals surface area contributed by atoms with Crippen LogP contribution in [-0.4, -0.2) is 33.0 Å². The van der Waals surface area contributed by atoms with Crippen LogP contribution in [0.2, 0.25) is 0 Å². The van der Waals surface area contributed by atoms with Crippen molar-refractivity contribution in [3.05, 3.63) is 59.2 Å². The number of carbonyl (C=O) groups is 1. The molecule has 0 spiro atoms. The summed E-state index contributed by atoms with van der Waals surface area (Å²) in [4.78, 5) is 12.1. The van der Waals surface area contributed by atoms with Crippen LogP contribution in [-0.2, 0) is 24.2 Å². The Hall–Kier alpha value is -2.76. The van der Waals surface area contributed by atoms with Crippen LogP contribution in [0.25, 0.3) is 0 Å². The number of hydrogen-bond donors (Lipinski definition) is 1. The van der Waals surface area contributed by atoms with Crippen LogP contribution in [0.1, 0.15) is 49.3 Å². The largest absolute Gasteiger partial charge is 0.496 e. The lowest BCUT2D eigenvalue weighted by Gasteiger charge is -2.18. The molecule has 0 saturated carbocycles. The van der Waals surface area contributed by atoms with E-state index < -0.39 is 6.09 Å². The van der Waals surface area contributed by atoms with Gasteiger partial charge in [-0.2, -0.15) is 0 Å². The Morgan fingerprint density at radius 3 is 2.29 bits per heavy atom. The van der Waals surface area contributed by atoms with Crippen molar-refractivity contribution >= 4 is 6.09 Å². The zero-order valence-corrected chi connectivity index (χ0v) is 18.8. The second-order valence-electron chi connectivity index (χ2n) is 7.64. The second kappa shape index (κ2) is 13.5. The molecule has 0 bridgehead atoms. The first-order chi connectivity index (χ1) is 15.1. The van der Waals surface area contributed by atoms with Crippen molar-refractivity contribution in [2.24, 2.45) is 0 Å². The number of ether oxygens (including phenoxy) is 3. The van der Waals surface area contributed by atoms with Gasteiger partial charge in [0.15, 0.2) is 0 Å². The molecule has 31 heavy (non-hydrogen) atoms. The summed E-state index contributed by atoms with van der Waals surface area (Å²) < 4.78 is 28.7. The predicted molar refractivity (Wildman–Crippen MR) is 121 cm³/mol. The number of hydrogen-bond acceptors (Lipinski definition) is 4. The molecule has 0 radical (unpaired) electrons. The zero-order chi connectivity index (χ0) is 22.5. The van der Waals surface area contributed by atoms with Crippen LogP contribution in [0, 0.1) is 0 Å². The highest BCUT2D eigenvalue weighted by atomic mass is 19.1. The molecule has 2 aromatic rings. The molecule has 2 rings (SSSR count). The number of amides is 1. The van der Waals surface area contributed by atoms with Gasteiger partial charge in [-0.25, -0.2) is 4.79 Å². The maximum absolute atomic E-state index is 12.2. The zero-order valence-electron chi connectivity index (χ0n) is 18.8. The molecule has 1 N–H and O–H groups in total. The Bertz CT molecular complexity index is 798. The van der Waals surface area contributed by atoms with Crippen molar-refractivity contribution in [2.45, 2.75) is 58.1 Å². The third-order valence-corrected chi connectivity index (χ3v) is 5.12. The lowest BCUT2D eigenvalue weighted by molar-refractivity contribution is 0.136. The van der Waals surface area contributed by atoms with Crippen molar-refractivity contribution in [1.29, 1.82) is 0 Å². The smallest absolute Gasteiger partial charge is 0.407 e. The lowest BCUT2D eigenvalue weighted by Crippen LogP contribution is -2.34. The Kier molecular flexibility index (Phi) is 10.7.